The summed E-state index contributed by atoms with van der Waals surface area (Å²) in [5.74, 6) is -1.22. The standard InChI is InChI=1S/C13H20N2O3/c16-11(13(12(17)18)5-1-6-13)14-9-4-7-15(8-9)10-2-3-10/h9-10H,1-8H2,(H,14,16)(H,17,18). The smallest absolute Gasteiger partial charge is 0.319 e. The molecule has 1 atom stereocenters. The molecule has 0 spiro atoms. The molecule has 100 valence electrons. The van der Waals surface area contributed by atoms with E-state index >= 15 is 0 Å². The van der Waals surface area contributed by atoms with Crippen LogP contribution in [0.4, 0.5) is 0 Å². The van der Waals surface area contributed by atoms with E-state index in [2.05, 4.69) is 10.2 Å². The van der Waals surface area contributed by atoms with Gasteiger partial charge in [0.15, 0.2) is 0 Å². The van der Waals surface area contributed by atoms with Crippen molar-refractivity contribution in [3.63, 3.8) is 0 Å². The van der Waals surface area contributed by atoms with Crippen molar-refractivity contribution in [3.05, 3.63) is 0 Å². The Kier molecular flexibility index (Phi) is 2.81. The second-order valence-corrected chi connectivity index (χ2v) is 5.93. The molecule has 2 N–H and O–H groups in total. The number of hydrogen-bond acceptors (Lipinski definition) is 3. The van der Waals surface area contributed by atoms with E-state index in [0.29, 0.717) is 12.8 Å². The van der Waals surface area contributed by atoms with Gasteiger partial charge in [0, 0.05) is 25.2 Å². The summed E-state index contributed by atoms with van der Waals surface area (Å²) in [5.41, 5.74) is -1.12. The third kappa shape index (κ3) is 1.90. The summed E-state index contributed by atoms with van der Waals surface area (Å²) in [6.07, 6.45) is 5.34. The lowest BCUT2D eigenvalue weighted by Gasteiger charge is -2.36. The lowest BCUT2D eigenvalue weighted by molar-refractivity contribution is -0.162. The molecule has 1 amide bonds. The van der Waals surface area contributed by atoms with Crippen molar-refractivity contribution in [2.75, 3.05) is 13.1 Å². The van der Waals surface area contributed by atoms with E-state index in [1.807, 2.05) is 0 Å². The van der Waals surface area contributed by atoms with E-state index < -0.39 is 11.4 Å². The number of carbonyl (C=O) groups is 2. The molecule has 0 aromatic carbocycles. The number of nitrogens with zero attached hydrogens (tertiary/aromatic N) is 1. The highest BCUT2D eigenvalue weighted by Crippen LogP contribution is 2.41. The minimum absolute atomic E-state index is 0.148. The number of carboxylic acid groups (broad SMARTS) is 1. The van der Waals surface area contributed by atoms with Gasteiger partial charge in [0.2, 0.25) is 5.91 Å². The topological polar surface area (TPSA) is 69.6 Å². The van der Waals surface area contributed by atoms with Crippen LogP contribution in [0.1, 0.15) is 38.5 Å². The van der Waals surface area contributed by atoms with Crippen molar-refractivity contribution in [1.82, 2.24) is 10.2 Å². The molecule has 1 saturated heterocycles. The van der Waals surface area contributed by atoms with Crippen LogP contribution in [-0.2, 0) is 9.59 Å². The van der Waals surface area contributed by atoms with Gasteiger partial charge in [0.05, 0.1) is 0 Å². The van der Waals surface area contributed by atoms with Gasteiger partial charge in [-0.25, -0.2) is 0 Å². The van der Waals surface area contributed by atoms with Crippen LogP contribution in [0.2, 0.25) is 0 Å². The molecule has 18 heavy (non-hydrogen) atoms. The van der Waals surface area contributed by atoms with Gasteiger partial charge in [-0.3, -0.25) is 14.5 Å². The second-order valence-electron chi connectivity index (χ2n) is 5.93. The summed E-state index contributed by atoms with van der Waals surface area (Å²) >= 11 is 0. The molecule has 3 aliphatic rings. The van der Waals surface area contributed by atoms with Crippen LogP contribution in [0.25, 0.3) is 0 Å². The molecule has 3 fully saturated rings. The predicted molar refractivity (Wildman–Crippen MR) is 65.1 cm³/mol. The Morgan fingerprint density at radius 1 is 1.22 bits per heavy atom. The number of likely N-dealkylation sites (tertiary alicyclic amines) is 1. The number of hydrogen-bond donors (Lipinski definition) is 2. The number of nitrogens with one attached hydrogen (secondary N) is 1. The maximum atomic E-state index is 12.1. The summed E-state index contributed by atoms with van der Waals surface area (Å²) in [4.78, 5) is 25.8. The molecule has 5 nitrogen and oxygen atoms in total. The van der Waals surface area contributed by atoms with Crippen LogP contribution in [0, 0.1) is 5.41 Å². The summed E-state index contributed by atoms with van der Waals surface area (Å²) in [6.45, 7) is 1.93. The van der Waals surface area contributed by atoms with Crippen molar-refractivity contribution in [2.45, 2.75) is 50.6 Å². The summed E-state index contributed by atoms with van der Waals surface area (Å²) in [6, 6.07) is 0.874. The monoisotopic (exact) mass is 252 g/mol. The molecule has 0 bridgehead atoms. The first-order valence-electron chi connectivity index (χ1n) is 6.90. The van der Waals surface area contributed by atoms with Crippen LogP contribution in [-0.4, -0.2) is 47.1 Å². The minimum Gasteiger partial charge on any atom is -0.480 e. The van der Waals surface area contributed by atoms with Gasteiger partial charge >= 0.3 is 5.97 Å². The molecule has 2 saturated carbocycles. The zero-order valence-electron chi connectivity index (χ0n) is 10.5. The number of aliphatic carboxylic acids is 1. The van der Waals surface area contributed by atoms with Gasteiger partial charge in [0.1, 0.15) is 5.41 Å². The highest BCUT2D eigenvalue weighted by molar-refractivity contribution is 6.02. The lowest BCUT2D eigenvalue weighted by Crippen LogP contribution is -2.53. The zero-order valence-corrected chi connectivity index (χ0v) is 10.5. The first-order valence-corrected chi connectivity index (χ1v) is 6.90. The SMILES string of the molecule is O=C(O)C1(C(=O)NC2CCN(C3CC3)C2)CCC1. The molecule has 2 aliphatic carbocycles. The number of amides is 1. The fourth-order valence-corrected chi connectivity index (χ4v) is 3.07. The predicted octanol–water partition coefficient (Wildman–Crippen LogP) is 0.594. The molecule has 0 radical (unpaired) electrons. The minimum atomic E-state index is -1.12. The molecular formula is C13H20N2O3. The molecule has 0 aromatic rings. The quantitative estimate of drug-likeness (QED) is 0.719. The van der Waals surface area contributed by atoms with E-state index in [1.165, 1.54) is 12.8 Å². The molecule has 1 unspecified atom stereocenters. The van der Waals surface area contributed by atoms with Crippen molar-refractivity contribution in [3.8, 4) is 0 Å². The first-order chi connectivity index (χ1) is 8.62. The van der Waals surface area contributed by atoms with Crippen LogP contribution >= 0.6 is 0 Å². The van der Waals surface area contributed by atoms with Crippen molar-refractivity contribution < 1.29 is 14.7 Å². The molecule has 0 aromatic heterocycles. The van der Waals surface area contributed by atoms with Crippen LogP contribution in [0.5, 0.6) is 0 Å². The Labute approximate surface area is 107 Å². The highest BCUT2D eigenvalue weighted by Gasteiger charge is 2.51. The fourth-order valence-electron chi connectivity index (χ4n) is 3.07. The third-order valence-electron chi connectivity index (χ3n) is 4.67. The van der Waals surface area contributed by atoms with E-state index in [1.54, 1.807) is 0 Å². The molecule has 1 aliphatic heterocycles. The number of carbonyl (C=O) groups excluding carboxylic acids is 1. The molecule has 5 heteroatoms. The molecular weight excluding hydrogens is 232 g/mol. The fraction of sp³-hybridized carbons (Fsp3) is 0.846. The highest BCUT2D eigenvalue weighted by atomic mass is 16.4. The zero-order chi connectivity index (χ0) is 12.8. The van der Waals surface area contributed by atoms with Crippen LogP contribution in [0.15, 0.2) is 0 Å². The lowest BCUT2D eigenvalue weighted by atomic mass is 9.68. The van der Waals surface area contributed by atoms with Gasteiger partial charge in [-0.15, -0.1) is 0 Å². The van der Waals surface area contributed by atoms with E-state index in [-0.39, 0.29) is 11.9 Å². The van der Waals surface area contributed by atoms with Crippen LogP contribution < -0.4 is 5.32 Å². The number of carboxylic acids is 1. The Morgan fingerprint density at radius 2 is 1.94 bits per heavy atom. The summed E-state index contributed by atoms with van der Waals surface area (Å²) in [7, 11) is 0. The van der Waals surface area contributed by atoms with Gasteiger partial charge < -0.3 is 10.4 Å². The third-order valence-corrected chi connectivity index (χ3v) is 4.67. The van der Waals surface area contributed by atoms with Gasteiger partial charge in [-0.1, -0.05) is 6.42 Å². The van der Waals surface area contributed by atoms with Gasteiger partial charge in [-0.05, 0) is 32.1 Å². The first kappa shape index (κ1) is 12.0. The number of rotatable bonds is 4. The van der Waals surface area contributed by atoms with Crippen LogP contribution in [0.3, 0.4) is 0 Å². The van der Waals surface area contributed by atoms with Gasteiger partial charge in [-0.2, -0.15) is 0 Å². The van der Waals surface area contributed by atoms with E-state index in [0.717, 1.165) is 32.0 Å². The average molecular weight is 252 g/mol. The van der Waals surface area contributed by atoms with E-state index in [4.69, 9.17) is 0 Å². The average Bonchev–Trinajstić information content (AvgIpc) is 2.98. The van der Waals surface area contributed by atoms with Gasteiger partial charge in [0.25, 0.3) is 0 Å². The summed E-state index contributed by atoms with van der Waals surface area (Å²) < 4.78 is 0. The normalized spacial score (nSPS) is 30.8. The van der Waals surface area contributed by atoms with Crippen molar-refractivity contribution in [1.29, 1.82) is 0 Å². The van der Waals surface area contributed by atoms with Crippen molar-refractivity contribution >= 4 is 11.9 Å². The maximum Gasteiger partial charge on any atom is 0.319 e. The Morgan fingerprint density at radius 3 is 2.44 bits per heavy atom. The molecule has 3 rings (SSSR count). The maximum absolute atomic E-state index is 12.1. The summed E-state index contributed by atoms with van der Waals surface area (Å²) in [5, 5.41) is 12.2. The largest absolute Gasteiger partial charge is 0.480 e. The van der Waals surface area contributed by atoms with Crippen molar-refractivity contribution in [2.24, 2.45) is 5.41 Å². The Bertz CT molecular complexity index is 374. The Hall–Kier alpha value is -1.10. The van der Waals surface area contributed by atoms with E-state index in [9.17, 15) is 14.7 Å². The molecule has 1 heterocycles. The second kappa shape index (κ2) is 4.23. The Balaban J connectivity index is 1.56.